The fourth-order valence-corrected chi connectivity index (χ4v) is 4.36. The molecule has 2 aromatic rings. The molecule has 0 aliphatic carbocycles. The Labute approximate surface area is 240 Å². The van der Waals surface area contributed by atoms with Crippen molar-refractivity contribution in [2.75, 3.05) is 23.3 Å². The lowest BCUT2D eigenvalue weighted by Crippen LogP contribution is -2.45. The van der Waals surface area contributed by atoms with Gasteiger partial charge >= 0.3 is 12.2 Å². The fourth-order valence-electron chi connectivity index (χ4n) is 4.00. The van der Waals surface area contributed by atoms with Crippen LogP contribution in [0.15, 0.2) is 24.3 Å². The van der Waals surface area contributed by atoms with E-state index in [1.807, 2.05) is 0 Å². The second-order valence-corrected chi connectivity index (χ2v) is 11.8. The number of nitrogens with one attached hydrogen (secondary N) is 2. The van der Waals surface area contributed by atoms with Crippen molar-refractivity contribution in [3.05, 3.63) is 52.3 Å². The second kappa shape index (κ2) is 12.0. The number of anilines is 3. The van der Waals surface area contributed by atoms with Crippen LogP contribution in [-0.4, -0.2) is 53.4 Å². The summed E-state index contributed by atoms with van der Waals surface area (Å²) in [6.07, 6.45) is -1.47. The molecule has 1 aliphatic rings. The zero-order valence-electron chi connectivity index (χ0n) is 23.5. The number of amides is 3. The quantitative estimate of drug-likeness (QED) is 0.222. The van der Waals surface area contributed by atoms with Gasteiger partial charge in [0.15, 0.2) is 11.6 Å². The van der Waals surface area contributed by atoms with Crippen LogP contribution in [0, 0.1) is 17.5 Å². The molecule has 10 nitrogen and oxygen atoms in total. The third-order valence-electron chi connectivity index (χ3n) is 5.67. The minimum Gasteiger partial charge on any atom is -0.444 e. The van der Waals surface area contributed by atoms with Crippen LogP contribution in [0.5, 0.6) is 0 Å². The highest BCUT2D eigenvalue weighted by Crippen LogP contribution is 2.41. The van der Waals surface area contributed by atoms with Crippen LogP contribution < -0.4 is 21.4 Å². The van der Waals surface area contributed by atoms with Crippen molar-refractivity contribution in [2.24, 2.45) is 5.84 Å². The van der Waals surface area contributed by atoms with Gasteiger partial charge in [-0.2, -0.15) is 5.01 Å². The van der Waals surface area contributed by atoms with Gasteiger partial charge in [-0.15, -0.1) is 0 Å². The zero-order chi connectivity index (χ0) is 30.9. The lowest BCUT2D eigenvalue weighted by Gasteiger charge is -2.26. The van der Waals surface area contributed by atoms with Crippen molar-refractivity contribution in [3.63, 3.8) is 0 Å². The number of nitrogens with zero attached hydrogens (tertiary/aromatic N) is 2. The molecule has 0 bridgehead atoms. The molecule has 0 aromatic heterocycles. The van der Waals surface area contributed by atoms with E-state index in [9.17, 15) is 23.2 Å². The summed E-state index contributed by atoms with van der Waals surface area (Å²) in [6.45, 7) is 10.2. The minimum atomic E-state index is -1.28. The number of rotatable bonds is 5. The Morgan fingerprint density at radius 2 is 1.68 bits per heavy atom. The first kappa shape index (κ1) is 31.8. The molecular formula is C27H33ClF3N5O5. The smallest absolute Gasteiger partial charge is 0.432 e. The van der Waals surface area contributed by atoms with E-state index in [-0.39, 0.29) is 34.5 Å². The lowest BCUT2D eigenvalue weighted by atomic mass is 10.1. The largest absolute Gasteiger partial charge is 0.444 e. The van der Waals surface area contributed by atoms with Gasteiger partial charge in [0.05, 0.1) is 33.7 Å². The van der Waals surface area contributed by atoms with Crippen molar-refractivity contribution in [1.82, 2.24) is 10.3 Å². The summed E-state index contributed by atoms with van der Waals surface area (Å²) >= 11 is 6.62. The van der Waals surface area contributed by atoms with Crippen molar-refractivity contribution in [3.8, 4) is 0 Å². The highest BCUT2D eigenvalue weighted by Gasteiger charge is 2.34. The first-order valence-electron chi connectivity index (χ1n) is 12.7. The number of benzene rings is 2. The van der Waals surface area contributed by atoms with E-state index in [0.717, 1.165) is 12.1 Å². The van der Waals surface area contributed by atoms with Gasteiger partial charge in [-0.25, -0.2) is 28.6 Å². The number of hydrogen-bond donors (Lipinski definition) is 3. The van der Waals surface area contributed by atoms with Gasteiger partial charge < -0.3 is 25.0 Å². The molecule has 3 rings (SSSR count). The number of carbonyl (C=O) groups excluding carboxylic acids is 3. The van der Waals surface area contributed by atoms with Crippen LogP contribution >= 0.6 is 11.6 Å². The molecule has 0 radical (unpaired) electrons. The first-order chi connectivity index (χ1) is 18.9. The van der Waals surface area contributed by atoms with E-state index < -0.39 is 64.0 Å². The Kier molecular flexibility index (Phi) is 9.34. The third-order valence-corrected chi connectivity index (χ3v) is 6.04. The highest BCUT2D eigenvalue weighted by atomic mass is 35.5. The summed E-state index contributed by atoms with van der Waals surface area (Å²) in [7, 11) is 0. The molecule has 0 spiro atoms. The topological polar surface area (TPSA) is 126 Å². The highest BCUT2D eigenvalue weighted by molar-refractivity contribution is 6.37. The Bertz CT molecular complexity index is 1350. The maximum absolute atomic E-state index is 15.6. The van der Waals surface area contributed by atoms with Crippen LogP contribution in [0.1, 0.15) is 58.3 Å². The zero-order valence-corrected chi connectivity index (χ0v) is 24.3. The van der Waals surface area contributed by atoms with Crippen LogP contribution in [0.3, 0.4) is 0 Å². The molecule has 14 heteroatoms. The molecule has 0 saturated carbocycles. The van der Waals surface area contributed by atoms with E-state index in [4.69, 9.17) is 26.9 Å². The fraction of sp³-hybridized carbons (Fsp3) is 0.444. The van der Waals surface area contributed by atoms with E-state index in [1.54, 1.807) is 41.5 Å². The predicted molar refractivity (Wildman–Crippen MR) is 148 cm³/mol. The van der Waals surface area contributed by atoms with E-state index in [1.165, 1.54) is 17.0 Å². The van der Waals surface area contributed by atoms with E-state index in [0.29, 0.717) is 6.42 Å². The average molecular weight is 600 g/mol. The van der Waals surface area contributed by atoms with Gasteiger partial charge in [0, 0.05) is 13.1 Å². The summed E-state index contributed by atoms with van der Waals surface area (Å²) in [5, 5.41) is 5.02. The monoisotopic (exact) mass is 599 g/mol. The number of imide groups is 1. The van der Waals surface area contributed by atoms with Crippen LogP contribution in [0.25, 0.3) is 0 Å². The van der Waals surface area contributed by atoms with E-state index in [2.05, 4.69) is 10.6 Å². The third kappa shape index (κ3) is 7.94. The molecule has 3 amide bonds. The Morgan fingerprint density at radius 1 is 1.05 bits per heavy atom. The van der Waals surface area contributed by atoms with Crippen LogP contribution in [-0.2, 0) is 9.47 Å². The van der Waals surface area contributed by atoms with Gasteiger partial charge in [-0.1, -0.05) is 17.7 Å². The van der Waals surface area contributed by atoms with Crippen LogP contribution in [0.4, 0.5) is 39.8 Å². The number of nitrogens with two attached hydrogens (primary N) is 1. The Balaban J connectivity index is 2.01. The molecular weight excluding hydrogens is 567 g/mol. The van der Waals surface area contributed by atoms with Gasteiger partial charge in [-0.3, -0.25) is 4.79 Å². The Morgan fingerprint density at radius 3 is 2.29 bits per heavy atom. The van der Waals surface area contributed by atoms with Gasteiger partial charge in [-0.05, 0) is 66.2 Å². The lowest BCUT2D eigenvalue weighted by molar-refractivity contribution is 0.0239. The summed E-state index contributed by atoms with van der Waals surface area (Å²) in [6, 6.07) is 3.63. The number of carbonyl (C=O) groups is 3. The number of alkyl carbamates (subject to hydrolysis) is 1. The molecule has 41 heavy (non-hydrogen) atoms. The number of ether oxygens (including phenoxy) is 2. The predicted octanol–water partition coefficient (Wildman–Crippen LogP) is 5.86. The summed E-state index contributed by atoms with van der Waals surface area (Å²) < 4.78 is 54.5. The molecule has 1 unspecified atom stereocenters. The van der Waals surface area contributed by atoms with Crippen LogP contribution in [0.2, 0.25) is 5.02 Å². The first-order valence-corrected chi connectivity index (χ1v) is 13.1. The van der Waals surface area contributed by atoms with Crippen molar-refractivity contribution >= 4 is 46.8 Å². The molecule has 1 heterocycles. The second-order valence-electron chi connectivity index (χ2n) is 11.4. The molecule has 1 aliphatic heterocycles. The molecule has 4 N–H and O–H groups in total. The number of hydrogen-bond acceptors (Lipinski definition) is 8. The van der Waals surface area contributed by atoms with Crippen molar-refractivity contribution in [2.45, 2.75) is 65.2 Å². The molecule has 1 saturated heterocycles. The van der Waals surface area contributed by atoms with Gasteiger partial charge in [0.2, 0.25) is 0 Å². The summed E-state index contributed by atoms with van der Waals surface area (Å²) in [5.74, 6) is 1.05. The molecule has 1 fully saturated rings. The molecule has 2 aromatic carbocycles. The van der Waals surface area contributed by atoms with Gasteiger partial charge in [0.1, 0.15) is 17.0 Å². The van der Waals surface area contributed by atoms with Crippen molar-refractivity contribution < 1.29 is 37.0 Å². The maximum Gasteiger partial charge on any atom is 0.432 e. The maximum atomic E-state index is 15.6. The normalized spacial score (nSPS) is 15.4. The summed E-state index contributed by atoms with van der Waals surface area (Å²) in [4.78, 5) is 39.4. The Hall–Kier alpha value is -3.71. The number of halogens is 4. The summed E-state index contributed by atoms with van der Waals surface area (Å²) in [5.41, 5.74) is -3.19. The molecule has 224 valence electrons. The standard InChI is InChI=1S/C27H33ClF3N5O5/c1-26(2,3)40-24(38)33-14-10-11-35(13-14)22-17(30)12-15(23(37)36(32)25(39)41-27(4,5)6)21(19(22)28)34-18-9-7-8-16(29)20(18)31/h7-9,12,14,34H,10-11,13,32H2,1-6H3,(H,33,38). The van der Waals surface area contributed by atoms with Gasteiger partial charge in [0.25, 0.3) is 5.91 Å². The van der Waals surface area contributed by atoms with E-state index >= 15 is 4.39 Å². The SMILES string of the molecule is CC(C)(C)OC(=O)NC1CCN(c2c(F)cc(C(=O)N(N)C(=O)OC(C)(C)C)c(Nc3cccc(F)c3F)c2Cl)C1. The molecule has 1 atom stereocenters. The minimum absolute atomic E-state index is 0.123. The van der Waals surface area contributed by atoms with Crippen molar-refractivity contribution in [1.29, 1.82) is 0 Å². The average Bonchev–Trinajstić information content (AvgIpc) is 3.27. The number of hydrazine groups is 1.